The Morgan fingerprint density at radius 2 is 2.00 bits per heavy atom. The third kappa shape index (κ3) is 2.47. The zero-order valence-corrected chi connectivity index (χ0v) is 10.7. The van der Waals surface area contributed by atoms with Gasteiger partial charge < -0.3 is 10.5 Å². The molecule has 94 valence electrons. The van der Waals surface area contributed by atoms with Crippen molar-refractivity contribution in [3.8, 4) is 16.9 Å². The van der Waals surface area contributed by atoms with Crippen molar-refractivity contribution in [2.75, 3.05) is 7.11 Å². The highest BCUT2D eigenvalue weighted by atomic mass is 35.5. The molecule has 0 aliphatic carbocycles. The summed E-state index contributed by atoms with van der Waals surface area (Å²) in [6.07, 6.45) is 0. The van der Waals surface area contributed by atoms with E-state index in [1.165, 1.54) is 12.1 Å². The van der Waals surface area contributed by atoms with Gasteiger partial charge in [0, 0.05) is 17.1 Å². The van der Waals surface area contributed by atoms with Crippen LogP contribution in [0.1, 0.15) is 5.56 Å². The van der Waals surface area contributed by atoms with Crippen molar-refractivity contribution in [3.63, 3.8) is 0 Å². The van der Waals surface area contributed by atoms with Gasteiger partial charge >= 0.3 is 0 Å². The average Bonchev–Trinajstić information content (AvgIpc) is 2.38. The lowest BCUT2D eigenvalue weighted by Gasteiger charge is -2.10. The van der Waals surface area contributed by atoms with Gasteiger partial charge in [-0.1, -0.05) is 23.7 Å². The first-order valence-corrected chi connectivity index (χ1v) is 5.86. The lowest BCUT2D eigenvalue weighted by Crippen LogP contribution is -1.97. The monoisotopic (exact) mass is 265 g/mol. The molecule has 0 atom stereocenters. The fourth-order valence-corrected chi connectivity index (χ4v) is 2.04. The fourth-order valence-electron chi connectivity index (χ4n) is 1.79. The Morgan fingerprint density at radius 1 is 1.22 bits per heavy atom. The second-order valence-electron chi connectivity index (χ2n) is 3.85. The number of benzene rings is 2. The van der Waals surface area contributed by atoms with Gasteiger partial charge in [-0.25, -0.2) is 4.39 Å². The molecule has 0 saturated carbocycles. The Balaban J connectivity index is 2.54. The van der Waals surface area contributed by atoms with Gasteiger partial charge in [-0.3, -0.25) is 0 Å². The third-order valence-electron chi connectivity index (χ3n) is 2.75. The van der Waals surface area contributed by atoms with Crippen molar-refractivity contribution < 1.29 is 9.13 Å². The van der Waals surface area contributed by atoms with Gasteiger partial charge in [0.1, 0.15) is 11.6 Å². The molecule has 0 bridgehead atoms. The van der Waals surface area contributed by atoms with Crippen molar-refractivity contribution in [2.24, 2.45) is 5.73 Å². The number of hydrogen-bond donors (Lipinski definition) is 1. The molecule has 0 unspecified atom stereocenters. The molecule has 2 N–H and O–H groups in total. The van der Waals surface area contributed by atoms with Gasteiger partial charge in [0.05, 0.1) is 7.11 Å². The van der Waals surface area contributed by atoms with Gasteiger partial charge in [0.2, 0.25) is 0 Å². The van der Waals surface area contributed by atoms with E-state index in [1.54, 1.807) is 19.2 Å². The summed E-state index contributed by atoms with van der Waals surface area (Å²) < 4.78 is 18.5. The Morgan fingerprint density at radius 3 is 2.61 bits per heavy atom. The second kappa shape index (κ2) is 5.38. The first kappa shape index (κ1) is 12.9. The summed E-state index contributed by atoms with van der Waals surface area (Å²) >= 11 is 6.10. The summed E-state index contributed by atoms with van der Waals surface area (Å²) in [5.41, 5.74) is 7.88. The molecule has 0 aromatic heterocycles. The molecule has 2 rings (SSSR count). The van der Waals surface area contributed by atoms with Crippen LogP contribution in [0.2, 0.25) is 5.02 Å². The lowest BCUT2D eigenvalue weighted by atomic mass is 10.0. The summed E-state index contributed by atoms with van der Waals surface area (Å²) in [5, 5.41) is 0.571. The minimum atomic E-state index is -0.315. The number of methoxy groups -OCH3 is 1. The molecule has 0 heterocycles. The predicted molar refractivity (Wildman–Crippen MR) is 71.3 cm³/mol. The summed E-state index contributed by atoms with van der Waals surface area (Å²) in [7, 11) is 1.55. The molecule has 0 aliphatic heterocycles. The van der Waals surface area contributed by atoms with Crippen molar-refractivity contribution in [1.29, 1.82) is 0 Å². The standard InChI is InChI=1S/C14H13ClFNO/c1-18-14-5-4-11(16)7-12(14)9-2-3-10(8-17)13(15)6-9/h2-7H,8,17H2,1H3. The van der Waals surface area contributed by atoms with E-state index in [1.807, 2.05) is 12.1 Å². The van der Waals surface area contributed by atoms with Crippen LogP contribution in [0, 0.1) is 5.82 Å². The van der Waals surface area contributed by atoms with Crippen LogP contribution in [0.3, 0.4) is 0 Å². The highest BCUT2D eigenvalue weighted by Crippen LogP contribution is 2.33. The van der Waals surface area contributed by atoms with Crippen LogP contribution >= 0.6 is 11.6 Å². The summed E-state index contributed by atoms with van der Waals surface area (Å²) in [6.45, 7) is 0.374. The van der Waals surface area contributed by atoms with E-state index in [9.17, 15) is 4.39 Å². The summed E-state index contributed by atoms with van der Waals surface area (Å²) in [4.78, 5) is 0. The SMILES string of the molecule is COc1ccc(F)cc1-c1ccc(CN)c(Cl)c1. The molecule has 2 nitrogen and oxygen atoms in total. The Kier molecular flexibility index (Phi) is 3.84. The van der Waals surface area contributed by atoms with Gasteiger partial charge in [0.15, 0.2) is 0 Å². The molecule has 18 heavy (non-hydrogen) atoms. The molecular weight excluding hydrogens is 253 g/mol. The first-order chi connectivity index (χ1) is 8.65. The van der Waals surface area contributed by atoms with E-state index >= 15 is 0 Å². The summed E-state index contributed by atoms with van der Waals surface area (Å²) in [6, 6.07) is 9.83. The van der Waals surface area contributed by atoms with Crippen LogP contribution in [0.4, 0.5) is 4.39 Å². The number of nitrogens with two attached hydrogens (primary N) is 1. The van der Waals surface area contributed by atoms with Crippen LogP contribution in [-0.2, 0) is 6.54 Å². The van der Waals surface area contributed by atoms with Gasteiger partial charge in [0.25, 0.3) is 0 Å². The molecular formula is C14H13ClFNO. The van der Waals surface area contributed by atoms with Crippen molar-refractivity contribution in [3.05, 3.63) is 52.8 Å². The number of halogens is 2. The van der Waals surface area contributed by atoms with E-state index in [2.05, 4.69) is 0 Å². The van der Waals surface area contributed by atoms with Crippen molar-refractivity contribution >= 4 is 11.6 Å². The molecule has 2 aromatic carbocycles. The normalized spacial score (nSPS) is 10.4. The highest BCUT2D eigenvalue weighted by Gasteiger charge is 2.09. The molecule has 0 radical (unpaired) electrons. The first-order valence-electron chi connectivity index (χ1n) is 5.48. The predicted octanol–water partition coefficient (Wildman–Crippen LogP) is 3.61. The zero-order chi connectivity index (χ0) is 13.1. The van der Waals surface area contributed by atoms with Crippen LogP contribution in [-0.4, -0.2) is 7.11 Å². The van der Waals surface area contributed by atoms with Crippen LogP contribution < -0.4 is 10.5 Å². The molecule has 0 amide bonds. The number of ether oxygens (including phenoxy) is 1. The van der Waals surface area contributed by atoms with Gasteiger partial charge in [-0.05, 0) is 35.4 Å². The minimum absolute atomic E-state index is 0.315. The smallest absolute Gasteiger partial charge is 0.126 e. The van der Waals surface area contributed by atoms with Gasteiger partial charge in [-0.15, -0.1) is 0 Å². The maximum absolute atomic E-state index is 13.3. The lowest BCUT2D eigenvalue weighted by molar-refractivity contribution is 0.415. The van der Waals surface area contributed by atoms with E-state index < -0.39 is 0 Å². The maximum atomic E-state index is 13.3. The van der Waals surface area contributed by atoms with Crippen LogP contribution in [0.5, 0.6) is 5.75 Å². The Labute approximate surface area is 110 Å². The third-order valence-corrected chi connectivity index (χ3v) is 3.10. The van der Waals surface area contributed by atoms with E-state index in [0.717, 1.165) is 11.1 Å². The highest BCUT2D eigenvalue weighted by molar-refractivity contribution is 6.31. The van der Waals surface area contributed by atoms with E-state index in [-0.39, 0.29) is 5.82 Å². The van der Waals surface area contributed by atoms with Crippen LogP contribution in [0.25, 0.3) is 11.1 Å². The van der Waals surface area contributed by atoms with E-state index in [0.29, 0.717) is 22.9 Å². The quantitative estimate of drug-likeness (QED) is 0.920. The topological polar surface area (TPSA) is 35.2 Å². The number of rotatable bonds is 3. The largest absolute Gasteiger partial charge is 0.496 e. The summed E-state index contributed by atoms with van der Waals surface area (Å²) in [5.74, 6) is 0.290. The number of hydrogen-bond acceptors (Lipinski definition) is 2. The second-order valence-corrected chi connectivity index (χ2v) is 4.26. The molecule has 2 aromatic rings. The molecule has 0 aliphatic rings. The average molecular weight is 266 g/mol. The van der Waals surface area contributed by atoms with Gasteiger partial charge in [-0.2, -0.15) is 0 Å². The molecule has 0 fully saturated rings. The Hall–Kier alpha value is -1.58. The van der Waals surface area contributed by atoms with Crippen molar-refractivity contribution in [1.82, 2.24) is 0 Å². The van der Waals surface area contributed by atoms with Crippen molar-refractivity contribution in [2.45, 2.75) is 6.54 Å². The Bertz CT molecular complexity index is 572. The maximum Gasteiger partial charge on any atom is 0.126 e. The minimum Gasteiger partial charge on any atom is -0.496 e. The fraction of sp³-hybridized carbons (Fsp3) is 0.143. The van der Waals surface area contributed by atoms with Crippen LogP contribution in [0.15, 0.2) is 36.4 Å². The molecule has 4 heteroatoms. The zero-order valence-electron chi connectivity index (χ0n) is 9.91. The van der Waals surface area contributed by atoms with E-state index in [4.69, 9.17) is 22.1 Å². The molecule has 0 spiro atoms. The molecule has 0 saturated heterocycles.